The van der Waals surface area contributed by atoms with Crippen LogP contribution in [0.2, 0.25) is 0 Å². The quantitative estimate of drug-likeness (QED) is 0.613. The number of rotatable bonds is 0. The monoisotopic (exact) mass is 238 g/mol. The molecule has 1 nitrogen and oxygen atoms in total. The van der Waals surface area contributed by atoms with Crippen LogP contribution in [0, 0.1) is 17.8 Å². The van der Waals surface area contributed by atoms with Crippen molar-refractivity contribution in [3.8, 4) is 0 Å². The van der Waals surface area contributed by atoms with Crippen LogP contribution in [0.3, 0.4) is 0 Å². The van der Waals surface area contributed by atoms with Gasteiger partial charge in [0.05, 0.1) is 6.10 Å². The van der Waals surface area contributed by atoms with Crippen LogP contribution in [0.15, 0.2) is 24.8 Å². The van der Waals surface area contributed by atoms with Crippen molar-refractivity contribution in [3.05, 3.63) is 24.8 Å². The van der Waals surface area contributed by atoms with E-state index in [1.807, 2.05) is 13.8 Å². The number of aliphatic hydroxyl groups is 1. The van der Waals surface area contributed by atoms with Crippen molar-refractivity contribution >= 4 is 0 Å². The van der Waals surface area contributed by atoms with Gasteiger partial charge in [-0.15, -0.1) is 13.2 Å². The summed E-state index contributed by atoms with van der Waals surface area (Å²) in [4.78, 5) is 0. The van der Waals surface area contributed by atoms with Crippen molar-refractivity contribution in [3.63, 3.8) is 0 Å². The molecule has 100 valence electrons. The average molecular weight is 238 g/mol. The maximum Gasteiger partial charge on any atom is 0.0634 e. The number of aliphatic hydroxyl groups excluding tert-OH is 1. The van der Waals surface area contributed by atoms with E-state index in [0.29, 0.717) is 17.8 Å². The molecule has 0 amide bonds. The summed E-state index contributed by atoms with van der Waals surface area (Å²) in [5.74, 6) is 1.63. The Hall–Kier alpha value is -0.560. The third-order valence-electron chi connectivity index (χ3n) is 3.91. The molecule has 0 aliphatic heterocycles. The second kappa shape index (κ2) is 8.52. The Morgan fingerprint density at radius 2 is 1.71 bits per heavy atom. The van der Waals surface area contributed by atoms with E-state index in [0.717, 1.165) is 0 Å². The summed E-state index contributed by atoms with van der Waals surface area (Å²) >= 11 is 0. The first-order chi connectivity index (χ1) is 8.20. The van der Waals surface area contributed by atoms with Crippen molar-refractivity contribution in [2.45, 2.75) is 59.5 Å². The number of hydrogen-bond acceptors (Lipinski definition) is 1. The topological polar surface area (TPSA) is 20.2 Å². The first kappa shape index (κ1) is 16.4. The Kier molecular flexibility index (Phi) is 8.24. The molecule has 0 saturated heterocycles. The van der Waals surface area contributed by atoms with E-state index in [9.17, 15) is 5.11 Å². The Morgan fingerprint density at radius 1 is 1.18 bits per heavy atom. The lowest BCUT2D eigenvalue weighted by molar-refractivity contribution is 0.0227. The van der Waals surface area contributed by atoms with Crippen molar-refractivity contribution < 1.29 is 5.11 Å². The lowest BCUT2D eigenvalue weighted by atomic mass is 9.66. The van der Waals surface area contributed by atoms with E-state index in [1.54, 1.807) is 0 Å². The molecule has 1 heteroatoms. The Morgan fingerprint density at radius 3 is 2.29 bits per heavy atom. The van der Waals surface area contributed by atoms with Gasteiger partial charge in [-0.1, -0.05) is 45.3 Å². The first-order valence-electron chi connectivity index (χ1n) is 7.06. The van der Waals surface area contributed by atoms with Gasteiger partial charge < -0.3 is 5.11 Å². The molecule has 1 N–H and O–H groups in total. The fourth-order valence-electron chi connectivity index (χ4n) is 3.16. The minimum Gasteiger partial charge on any atom is -0.392 e. The number of hydrogen-bond donors (Lipinski definition) is 1. The van der Waals surface area contributed by atoms with Crippen molar-refractivity contribution in [1.82, 2.24) is 0 Å². The summed E-state index contributed by atoms with van der Waals surface area (Å²) in [5, 5.41) is 10.0. The highest BCUT2D eigenvalue weighted by Gasteiger charge is 2.36. The van der Waals surface area contributed by atoms with Gasteiger partial charge in [-0.3, -0.25) is 0 Å². The van der Waals surface area contributed by atoms with Crippen LogP contribution >= 0.6 is 0 Å². The van der Waals surface area contributed by atoms with Crippen LogP contribution in [0.5, 0.6) is 0 Å². The van der Waals surface area contributed by atoms with E-state index in [1.165, 1.54) is 31.3 Å². The van der Waals surface area contributed by atoms with E-state index >= 15 is 0 Å². The van der Waals surface area contributed by atoms with Crippen LogP contribution in [-0.2, 0) is 0 Å². The summed E-state index contributed by atoms with van der Waals surface area (Å²) in [7, 11) is 0. The molecular weight excluding hydrogens is 208 g/mol. The van der Waals surface area contributed by atoms with Crippen LogP contribution in [-0.4, -0.2) is 11.2 Å². The molecule has 4 unspecified atom stereocenters. The van der Waals surface area contributed by atoms with Gasteiger partial charge in [0, 0.05) is 5.92 Å². The zero-order valence-electron chi connectivity index (χ0n) is 12.1. The Balaban J connectivity index is 0.000000581. The molecule has 0 aromatic heterocycles. The minimum atomic E-state index is -0.0750. The van der Waals surface area contributed by atoms with Gasteiger partial charge in [-0.05, 0) is 31.6 Å². The predicted molar refractivity (Wildman–Crippen MR) is 77.0 cm³/mol. The van der Waals surface area contributed by atoms with Crippen molar-refractivity contribution in [2.75, 3.05) is 0 Å². The molecule has 0 heterocycles. The lowest BCUT2D eigenvalue weighted by Crippen LogP contribution is -2.38. The van der Waals surface area contributed by atoms with E-state index in [-0.39, 0.29) is 6.10 Å². The van der Waals surface area contributed by atoms with Crippen LogP contribution in [0.1, 0.15) is 53.4 Å². The predicted octanol–water partition coefficient (Wildman–Crippen LogP) is 4.58. The van der Waals surface area contributed by atoms with Gasteiger partial charge in [0.2, 0.25) is 0 Å². The first-order valence-corrected chi connectivity index (χ1v) is 7.06. The molecule has 4 atom stereocenters. The average Bonchev–Trinajstić information content (AvgIpc) is 2.41. The molecular formula is C16H30O. The molecule has 0 bridgehead atoms. The Labute approximate surface area is 108 Å². The van der Waals surface area contributed by atoms with Crippen LogP contribution in [0.4, 0.5) is 0 Å². The van der Waals surface area contributed by atoms with E-state index in [2.05, 4.69) is 33.1 Å². The van der Waals surface area contributed by atoms with Crippen LogP contribution < -0.4 is 0 Å². The third kappa shape index (κ3) is 3.99. The SMILES string of the molecule is C=C.CC.CC1=CC(C)C(O)C2CCCCC12. The minimum absolute atomic E-state index is 0.0750. The van der Waals surface area contributed by atoms with Gasteiger partial charge in [-0.2, -0.15) is 0 Å². The summed E-state index contributed by atoms with van der Waals surface area (Å²) in [5.41, 5.74) is 1.53. The summed E-state index contributed by atoms with van der Waals surface area (Å²) < 4.78 is 0. The molecule has 2 aliphatic carbocycles. The third-order valence-corrected chi connectivity index (χ3v) is 3.91. The molecule has 0 aromatic carbocycles. The Bertz CT molecular complexity index is 232. The van der Waals surface area contributed by atoms with E-state index < -0.39 is 0 Å². The van der Waals surface area contributed by atoms with Crippen LogP contribution in [0.25, 0.3) is 0 Å². The molecule has 0 aromatic rings. The van der Waals surface area contributed by atoms with Gasteiger partial charge >= 0.3 is 0 Å². The van der Waals surface area contributed by atoms with Crippen molar-refractivity contribution in [1.29, 1.82) is 0 Å². The highest BCUT2D eigenvalue weighted by Crippen LogP contribution is 2.42. The molecule has 0 radical (unpaired) electrons. The molecule has 17 heavy (non-hydrogen) atoms. The van der Waals surface area contributed by atoms with Gasteiger partial charge in [-0.25, -0.2) is 0 Å². The number of fused-ring (bicyclic) bond motifs is 1. The standard InChI is InChI=1S/C12H20O.C2H6.C2H4/c1-8-7-9(2)12(13)11-6-4-3-5-10(8)11;2*1-2/h7,9-13H,3-6H2,1-2H3;1-2H3;1-2H2. The van der Waals surface area contributed by atoms with Crippen molar-refractivity contribution in [2.24, 2.45) is 17.8 Å². The van der Waals surface area contributed by atoms with E-state index in [4.69, 9.17) is 0 Å². The fraction of sp³-hybridized carbons (Fsp3) is 0.750. The van der Waals surface area contributed by atoms with Gasteiger partial charge in [0.25, 0.3) is 0 Å². The second-order valence-electron chi connectivity index (χ2n) is 4.82. The van der Waals surface area contributed by atoms with Gasteiger partial charge in [0.15, 0.2) is 0 Å². The second-order valence-corrected chi connectivity index (χ2v) is 4.82. The molecule has 1 saturated carbocycles. The summed E-state index contributed by atoms with van der Waals surface area (Å²) in [6.07, 6.45) is 7.41. The summed E-state index contributed by atoms with van der Waals surface area (Å²) in [6.45, 7) is 14.4. The highest BCUT2D eigenvalue weighted by molar-refractivity contribution is 5.14. The molecule has 0 spiro atoms. The van der Waals surface area contributed by atoms with Gasteiger partial charge in [0.1, 0.15) is 0 Å². The zero-order valence-corrected chi connectivity index (χ0v) is 12.1. The zero-order chi connectivity index (χ0) is 13.4. The maximum atomic E-state index is 10.0. The maximum absolute atomic E-state index is 10.0. The molecule has 1 fully saturated rings. The lowest BCUT2D eigenvalue weighted by Gasteiger charge is -2.41. The largest absolute Gasteiger partial charge is 0.392 e. The highest BCUT2D eigenvalue weighted by atomic mass is 16.3. The number of allylic oxidation sites excluding steroid dienone is 1. The fourth-order valence-corrected chi connectivity index (χ4v) is 3.16. The normalized spacial score (nSPS) is 35.2. The smallest absolute Gasteiger partial charge is 0.0634 e. The molecule has 2 rings (SSSR count). The summed E-state index contributed by atoms with van der Waals surface area (Å²) in [6, 6.07) is 0. The molecule has 2 aliphatic rings.